The summed E-state index contributed by atoms with van der Waals surface area (Å²) in [5, 5.41) is 14.3. The minimum absolute atomic E-state index is 0.229. The molecular weight excluding hydrogens is 524 g/mol. The fourth-order valence-electron chi connectivity index (χ4n) is 3.52. The number of furan rings is 1. The van der Waals surface area contributed by atoms with Crippen LogP contribution in [0, 0.1) is 0 Å². The number of benzene rings is 3. The lowest BCUT2D eigenvalue weighted by atomic mass is 10.0. The van der Waals surface area contributed by atoms with Crippen molar-refractivity contribution in [1.82, 2.24) is 9.78 Å². The van der Waals surface area contributed by atoms with Crippen LogP contribution in [-0.2, 0) is 0 Å². The number of carbonyl (C=O) groups excluding carboxylic acids is 1. The van der Waals surface area contributed by atoms with Gasteiger partial charge in [-0.05, 0) is 53.4 Å². The van der Waals surface area contributed by atoms with Crippen LogP contribution in [-0.4, -0.2) is 21.8 Å². The molecule has 3 aromatic carbocycles. The van der Waals surface area contributed by atoms with E-state index in [1.54, 1.807) is 17.0 Å². The average molecular weight is 545 g/mol. The van der Waals surface area contributed by atoms with Crippen LogP contribution < -0.4 is 4.80 Å². The third kappa shape index (κ3) is 5.08. The summed E-state index contributed by atoms with van der Waals surface area (Å²) >= 11 is 4.61. The van der Waals surface area contributed by atoms with Crippen molar-refractivity contribution in [3.8, 4) is 5.69 Å². The zero-order valence-electron chi connectivity index (χ0n) is 19.1. The summed E-state index contributed by atoms with van der Waals surface area (Å²) < 4.78 is 8.32. The van der Waals surface area contributed by atoms with E-state index in [1.165, 1.54) is 5.56 Å². The predicted molar refractivity (Wildman–Crippen MR) is 142 cm³/mol. The molecule has 0 unspecified atom stereocenters. The monoisotopic (exact) mass is 544 g/mol. The van der Waals surface area contributed by atoms with Gasteiger partial charge in [0.25, 0.3) is 5.78 Å². The summed E-state index contributed by atoms with van der Waals surface area (Å²) in [5.41, 5.74) is 3.64. The molecule has 35 heavy (non-hydrogen) atoms. The van der Waals surface area contributed by atoms with Gasteiger partial charge in [-0.2, -0.15) is 10.2 Å². The van der Waals surface area contributed by atoms with E-state index in [1.807, 2.05) is 60.7 Å². The molecule has 5 aromatic rings. The Bertz CT molecular complexity index is 1600. The van der Waals surface area contributed by atoms with Crippen molar-refractivity contribution in [3.05, 3.63) is 110 Å². The Balaban J connectivity index is 1.51. The molecule has 8 heteroatoms. The van der Waals surface area contributed by atoms with Crippen LogP contribution in [0.4, 0.5) is 0 Å². The molecule has 0 aliphatic carbocycles. The zero-order valence-corrected chi connectivity index (χ0v) is 21.5. The quantitative estimate of drug-likeness (QED) is 0.135. The lowest BCUT2D eigenvalue weighted by Crippen LogP contribution is -2.14. The zero-order chi connectivity index (χ0) is 24.4. The van der Waals surface area contributed by atoms with Crippen LogP contribution in [0.15, 0.2) is 98.0 Å². The molecule has 0 bridgehead atoms. The molecule has 0 aliphatic heterocycles. The van der Waals surface area contributed by atoms with Gasteiger partial charge in [-0.25, -0.2) is 4.68 Å². The van der Waals surface area contributed by atoms with Crippen LogP contribution in [0.5, 0.6) is 0 Å². The van der Waals surface area contributed by atoms with Gasteiger partial charge in [0, 0.05) is 9.86 Å². The summed E-state index contributed by atoms with van der Waals surface area (Å²) in [7, 11) is 0. The van der Waals surface area contributed by atoms with Crippen molar-refractivity contribution in [1.29, 1.82) is 0 Å². The molecule has 0 amide bonds. The highest BCUT2D eigenvalue weighted by Gasteiger charge is 2.20. The Hall–Kier alpha value is -3.62. The summed E-state index contributed by atoms with van der Waals surface area (Å²) in [4.78, 5) is 13.7. The molecule has 0 saturated carbocycles. The normalized spacial score (nSPS) is 12.3. The van der Waals surface area contributed by atoms with Gasteiger partial charge in [-0.15, -0.1) is 5.10 Å². The maximum Gasteiger partial charge on any atom is 0.258 e. The molecule has 2 aromatic heterocycles. The minimum Gasteiger partial charge on any atom is -0.452 e. The van der Waals surface area contributed by atoms with Crippen LogP contribution in [0.2, 0.25) is 0 Å². The Morgan fingerprint density at radius 2 is 1.83 bits per heavy atom. The average Bonchev–Trinajstić information content (AvgIpc) is 3.49. The molecular formula is C27H21BrN4O2S. The van der Waals surface area contributed by atoms with E-state index in [4.69, 9.17) is 4.42 Å². The molecule has 0 aliphatic rings. The van der Waals surface area contributed by atoms with E-state index in [0.29, 0.717) is 16.3 Å². The second kappa shape index (κ2) is 9.93. The first-order chi connectivity index (χ1) is 17.0. The highest BCUT2D eigenvalue weighted by molar-refractivity contribution is 9.10. The maximum atomic E-state index is 13.2. The molecule has 0 spiro atoms. The van der Waals surface area contributed by atoms with Crippen LogP contribution in [0.1, 0.15) is 46.5 Å². The van der Waals surface area contributed by atoms with Gasteiger partial charge in [0.2, 0.25) is 4.80 Å². The predicted octanol–water partition coefficient (Wildman–Crippen LogP) is 6.73. The number of fused-ring (bicyclic) bond motifs is 1. The Labute approximate surface area is 214 Å². The summed E-state index contributed by atoms with van der Waals surface area (Å²) in [6, 6.07) is 25.1. The van der Waals surface area contributed by atoms with Crippen molar-refractivity contribution < 1.29 is 9.21 Å². The summed E-state index contributed by atoms with van der Waals surface area (Å²) in [5.74, 6) is 0.394. The van der Waals surface area contributed by atoms with Gasteiger partial charge in [0.1, 0.15) is 5.58 Å². The van der Waals surface area contributed by atoms with Gasteiger partial charge in [0.15, 0.2) is 10.8 Å². The Morgan fingerprint density at radius 1 is 1.06 bits per heavy atom. The fraction of sp³-hybridized carbons (Fsp3) is 0.111. The third-order valence-electron chi connectivity index (χ3n) is 5.41. The first-order valence-electron chi connectivity index (χ1n) is 11.0. The number of hydrogen-bond donors (Lipinski definition) is 0. The molecule has 174 valence electrons. The number of ketones is 1. The van der Waals surface area contributed by atoms with Crippen LogP contribution in [0.3, 0.4) is 0 Å². The third-order valence-corrected chi connectivity index (χ3v) is 6.80. The molecule has 5 rings (SSSR count). The first kappa shape index (κ1) is 23.1. The van der Waals surface area contributed by atoms with Crippen LogP contribution >= 0.6 is 27.3 Å². The highest BCUT2D eigenvalue weighted by atomic mass is 79.9. The number of aromatic nitrogens is 2. The van der Waals surface area contributed by atoms with Crippen molar-refractivity contribution in [3.63, 3.8) is 0 Å². The van der Waals surface area contributed by atoms with E-state index in [2.05, 4.69) is 57.2 Å². The van der Waals surface area contributed by atoms with E-state index in [0.717, 1.165) is 32.4 Å². The number of hydrogen-bond acceptors (Lipinski definition) is 6. The summed E-state index contributed by atoms with van der Waals surface area (Å²) in [6.45, 7) is 4.32. The first-order valence-corrected chi connectivity index (χ1v) is 12.7. The van der Waals surface area contributed by atoms with Crippen LogP contribution in [0.25, 0.3) is 16.7 Å². The maximum absolute atomic E-state index is 13.2. The van der Waals surface area contributed by atoms with E-state index < -0.39 is 0 Å². The van der Waals surface area contributed by atoms with Crippen molar-refractivity contribution in [2.75, 3.05) is 0 Å². The van der Waals surface area contributed by atoms with Crippen molar-refractivity contribution in [2.24, 2.45) is 10.2 Å². The number of nitrogens with zero attached hydrogens (tertiary/aromatic N) is 4. The topological polar surface area (TPSA) is 72.8 Å². The number of rotatable bonds is 6. The van der Waals surface area contributed by atoms with E-state index >= 15 is 0 Å². The number of halogens is 1. The largest absolute Gasteiger partial charge is 0.452 e. The highest BCUT2D eigenvalue weighted by Crippen LogP contribution is 2.25. The van der Waals surface area contributed by atoms with E-state index in [9.17, 15) is 4.79 Å². The smallest absolute Gasteiger partial charge is 0.258 e. The molecule has 0 N–H and O–H groups in total. The van der Waals surface area contributed by atoms with Crippen molar-refractivity contribution in [2.45, 2.75) is 19.8 Å². The van der Waals surface area contributed by atoms with E-state index in [-0.39, 0.29) is 16.6 Å². The van der Waals surface area contributed by atoms with Gasteiger partial charge >= 0.3 is 0 Å². The molecule has 0 radical (unpaired) electrons. The Morgan fingerprint density at radius 3 is 2.57 bits per heavy atom. The molecule has 6 nitrogen and oxygen atoms in total. The molecule has 0 saturated heterocycles. The fourth-order valence-corrected chi connectivity index (χ4v) is 4.71. The standard InChI is InChI=1S/C27H21BrN4O2S/c1-17(2)19-10-8-18(9-11-19)16-29-30-27-32(22-6-4-3-5-7-22)31-26(35-27)25(33)24-15-20-14-21(28)12-13-23(20)34-24/h3-17H,1-2H3/b29-16+,30-27+. The van der Waals surface area contributed by atoms with Gasteiger partial charge < -0.3 is 4.42 Å². The molecule has 2 heterocycles. The van der Waals surface area contributed by atoms with Gasteiger partial charge in [0.05, 0.1) is 11.9 Å². The Kier molecular flexibility index (Phi) is 6.57. The second-order valence-corrected chi connectivity index (χ2v) is 10.1. The van der Waals surface area contributed by atoms with Gasteiger partial charge in [-0.1, -0.05) is 83.6 Å². The number of para-hydroxylation sites is 1. The number of carbonyl (C=O) groups is 1. The SMILES string of the molecule is CC(C)c1ccc(/C=N/N=c2/sc(C(=O)c3cc4cc(Br)ccc4o3)nn2-c2ccccc2)cc1. The van der Waals surface area contributed by atoms with Crippen molar-refractivity contribution >= 4 is 50.2 Å². The molecule has 0 fully saturated rings. The second-order valence-electron chi connectivity index (χ2n) is 8.23. The lowest BCUT2D eigenvalue weighted by Gasteiger charge is -2.03. The lowest BCUT2D eigenvalue weighted by molar-refractivity contribution is 0.101. The molecule has 0 atom stereocenters. The van der Waals surface area contributed by atoms with Gasteiger partial charge in [-0.3, -0.25) is 4.79 Å². The summed E-state index contributed by atoms with van der Waals surface area (Å²) in [6.07, 6.45) is 1.69. The minimum atomic E-state index is -0.304.